The van der Waals surface area contributed by atoms with E-state index in [1.54, 1.807) is 6.26 Å². The lowest BCUT2D eigenvalue weighted by molar-refractivity contribution is 0.0371. The highest BCUT2D eigenvalue weighted by Crippen LogP contribution is 2.22. The van der Waals surface area contributed by atoms with Gasteiger partial charge in [0, 0.05) is 42.8 Å². The summed E-state index contributed by atoms with van der Waals surface area (Å²) in [6.45, 7) is 9.22. The van der Waals surface area contributed by atoms with Gasteiger partial charge in [-0.25, -0.2) is 0 Å². The Morgan fingerprint density at radius 1 is 1.21 bits per heavy atom. The van der Waals surface area contributed by atoms with Crippen LogP contribution in [-0.4, -0.2) is 47.4 Å². The summed E-state index contributed by atoms with van der Waals surface area (Å²) in [6.07, 6.45) is 2.73. The molecule has 2 heterocycles. The summed E-state index contributed by atoms with van der Waals surface area (Å²) in [6, 6.07) is 12.5. The Bertz CT molecular complexity index is 661. The Labute approximate surface area is 144 Å². The molecule has 2 aromatic rings. The lowest BCUT2D eigenvalue weighted by atomic mass is 10.0. The summed E-state index contributed by atoms with van der Waals surface area (Å²) in [5.74, 6) is 0.952. The zero-order valence-electron chi connectivity index (χ0n) is 14.7. The number of amides is 1. The third kappa shape index (κ3) is 3.39. The topological polar surface area (TPSA) is 36.7 Å². The van der Waals surface area contributed by atoms with Crippen LogP contribution in [0.3, 0.4) is 0 Å². The molecule has 1 aromatic carbocycles. The molecule has 0 bridgehead atoms. The van der Waals surface area contributed by atoms with E-state index in [1.807, 2.05) is 41.3 Å². The minimum absolute atomic E-state index is 0.128. The van der Waals surface area contributed by atoms with Crippen molar-refractivity contribution in [1.29, 1.82) is 0 Å². The summed E-state index contributed by atoms with van der Waals surface area (Å²) >= 11 is 0. The first kappa shape index (κ1) is 16.8. The standard InChI is InChI=1S/C20H26N2O2/c1-4-18-14-21(11-12-22(18)15(2)3)20(23)17-9-7-16(8-10-17)19-6-5-13-24-19/h5-10,13,15,18H,4,11-12,14H2,1-3H3/t18-/m0/s1. The van der Waals surface area contributed by atoms with Crippen LogP contribution >= 0.6 is 0 Å². The van der Waals surface area contributed by atoms with E-state index in [0.717, 1.165) is 42.9 Å². The number of benzene rings is 1. The van der Waals surface area contributed by atoms with E-state index in [0.29, 0.717) is 12.1 Å². The van der Waals surface area contributed by atoms with Crippen molar-refractivity contribution in [3.63, 3.8) is 0 Å². The summed E-state index contributed by atoms with van der Waals surface area (Å²) in [7, 11) is 0. The summed E-state index contributed by atoms with van der Waals surface area (Å²) < 4.78 is 5.40. The van der Waals surface area contributed by atoms with Gasteiger partial charge in [-0.2, -0.15) is 0 Å². The number of hydrogen-bond acceptors (Lipinski definition) is 3. The van der Waals surface area contributed by atoms with Gasteiger partial charge in [0.1, 0.15) is 5.76 Å². The highest BCUT2D eigenvalue weighted by Gasteiger charge is 2.30. The lowest BCUT2D eigenvalue weighted by Crippen LogP contribution is -2.56. The van der Waals surface area contributed by atoms with Gasteiger partial charge in [0.2, 0.25) is 0 Å². The number of nitrogens with zero attached hydrogens (tertiary/aromatic N) is 2. The Hall–Kier alpha value is -2.07. The molecule has 4 nitrogen and oxygen atoms in total. The second-order valence-corrected chi connectivity index (χ2v) is 6.70. The maximum atomic E-state index is 12.8. The van der Waals surface area contributed by atoms with Gasteiger partial charge in [0.15, 0.2) is 0 Å². The molecule has 1 fully saturated rings. The third-order valence-corrected chi connectivity index (χ3v) is 4.89. The second-order valence-electron chi connectivity index (χ2n) is 6.70. The highest BCUT2D eigenvalue weighted by atomic mass is 16.3. The number of carbonyl (C=O) groups is 1. The van der Waals surface area contributed by atoms with E-state index in [2.05, 4.69) is 25.7 Å². The molecule has 1 atom stereocenters. The molecule has 1 aromatic heterocycles. The summed E-state index contributed by atoms with van der Waals surface area (Å²) in [4.78, 5) is 17.3. The van der Waals surface area contributed by atoms with Crippen LogP contribution in [0.4, 0.5) is 0 Å². The average molecular weight is 326 g/mol. The maximum absolute atomic E-state index is 12.8. The first-order chi connectivity index (χ1) is 11.6. The van der Waals surface area contributed by atoms with E-state index in [9.17, 15) is 4.79 Å². The van der Waals surface area contributed by atoms with Gasteiger partial charge in [-0.3, -0.25) is 9.69 Å². The minimum atomic E-state index is 0.128. The number of piperazine rings is 1. The van der Waals surface area contributed by atoms with Crippen molar-refractivity contribution in [2.45, 2.75) is 39.3 Å². The molecular weight excluding hydrogens is 300 g/mol. The van der Waals surface area contributed by atoms with Gasteiger partial charge in [-0.1, -0.05) is 19.1 Å². The predicted molar refractivity (Wildman–Crippen MR) is 96.0 cm³/mol. The van der Waals surface area contributed by atoms with Crippen LogP contribution in [0, 0.1) is 0 Å². The molecule has 1 aliphatic rings. The van der Waals surface area contributed by atoms with Crippen LogP contribution in [0.25, 0.3) is 11.3 Å². The monoisotopic (exact) mass is 326 g/mol. The molecule has 1 aliphatic heterocycles. The van der Waals surface area contributed by atoms with E-state index < -0.39 is 0 Å². The fourth-order valence-electron chi connectivity index (χ4n) is 3.50. The first-order valence-electron chi connectivity index (χ1n) is 8.79. The fourth-order valence-corrected chi connectivity index (χ4v) is 3.50. The maximum Gasteiger partial charge on any atom is 0.253 e. The molecule has 0 saturated carbocycles. The molecule has 0 N–H and O–H groups in total. The van der Waals surface area contributed by atoms with E-state index in [1.165, 1.54) is 0 Å². The molecular formula is C20H26N2O2. The molecule has 0 unspecified atom stereocenters. The quantitative estimate of drug-likeness (QED) is 0.855. The van der Waals surface area contributed by atoms with Crippen LogP contribution < -0.4 is 0 Å². The van der Waals surface area contributed by atoms with Gasteiger partial charge in [-0.05, 0) is 44.5 Å². The average Bonchev–Trinajstić information content (AvgIpc) is 3.15. The predicted octanol–water partition coefficient (Wildman–Crippen LogP) is 3.89. The molecule has 0 spiro atoms. The van der Waals surface area contributed by atoms with Crippen molar-refractivity contribution in [1.82, 2.24) is 9.80 Å². The van der Waals surface area contributed by atoms with Gasteiger partial charge >= 0.3 is 0 Å². The number of rotatable bonds is 4. The summed E-state index contributed by atoms with van der Waals surface area (Å²) in [5, 5.41) is 0. The van der Waals surface area contributed by atoms with Gasteiger partial charge in [0.25, 0.3) is 5.91 Å². The van der Waals surface area contributed by atoms with Crippen LogP contribution in [0.2, 0.25) is 0 Å². The number of hydrogen-bond donors (Lipinski definition) is 0. The fraction of sp³-hybridized carbons (Fsp3) is 0.450. The molecule has 24 heavy (non-hydrogen) atoms. The normalized spacial score (nSPS) is 19.0. The van der Waals surface area contributed by atoms with Gasteiger partial charge < -0.3 is 9.32 Å². The van der Waals surface area contributed by atoms with Gasteiger partial charge in [0.05, 0.1) is 6.26 Å². The SMILES string of the molecule is CC[C@H]1CN(C(=O)c2ccc(-c3ccco3)cc2)CCN1C(C)C. The van der Waals surface area contributed by atoms with Crippen molar-refractivity contribution in [2.75, 3.05) is 19.6 Å². The molecule has 1 amide bonds. The zero-order chi connectivity index (χ0) is 17.1. The molecule has 3 rings (SSSR count). The molecule has 0 aliphatic carbocycles. The first-order valence-corrected chi connectivity index (χ1v) is 8.79. The van der Waals surface area contributed by atoms with Gasteiger partial charge in [-0.15, -0.1) is 0 Å². The van der Waals surface area contributed by atoms with Crippen LogP contribution in [0.5, 0.6) is 0 Å². The molecule has 128 valence electrons. The van der Waals surface area contributed by atoms with Crippen LogP contribution in [-0.2, 0) is 0 Å². The number of furan rings is 1. The summed E-state index contributed by atoms with van der Waals surface area (Å²) in [5.41, 5.74) is 1.74. The molecule has 1 saturated heterocycles. The highest BCUT2D eigenvalue weighted by molar-refractivity contribution is 5.94. The minimum Gasteiger partial charge on any atom is -0.464 e. The Morgan fingerprint density at radius 3 is 2.54 bits per heavy atom. The Kier molecular flexibility index (Phi) is 5.05. The van der Waals surface area contributed by atoms with Crippen molar-refractivity contribution in [2.24, 2.45) is 0 Å². The Morgan fingerprint density at radius 2 is 1.96 bits per heavy atom. The van der Waals surface area contributed by atoms with E-state index in [-0.39, 0.29) is 5.91 Å². The van der Waals surface area contributed by atoms with Crippen molar-refractivity contribution >= 4 is 5.91 Å². The van der Waals surface area contributed by atoms with Crippen molar-refractivity contribution in [3.8, 4) is 11.3 Å². The largest absolute Gasteiger partial charge is 0.464 e. The smallest absolute Gasteiger partial charge is 0.253 e. The number of carbonyl (C=O) groups excluding carboxylic acids is 1. The molecule has 0 radical (unpaired) electrons. The molecule has 4 heteroatoms. The lowest BCUT2D eigenvalue weighted by Gasteiger charge is -2.43. The van der Waals surface area contributed by atoms with E-state index in [4.69, 9.17) is 4.42 Å². The second kappa shape index (κ2) is 7.22. The van der Waals surface area contributed by atoms with E-state index >= 15 is 0 Å². The van der Waals surface area contributed by atoms with Crippen LogP contribution in [0.15, 0.2) is 47.1 Å². The third-order valence-electron chi connectivity index (χ3n) is 4.89. The van der Waals surface area contributed by atoms with Crippen LogP contribution in [0.1, 0.15) is 37.6 Å². The Balaban J connectivity index is 1.70. The van der Waals surface area contributed by atoms with Crippen molar-refractivity contribution < 1.29 is 9.21 Å². The zero-order valence-corrected chi connectivity index (χ0v) is 14.7. The van der Waals surface area contributed by atoms with Crippen molar-refractivity contribution in [3.05, 3.63) is 48.2 Å².